The summed E-state index contributed by atoms with van der Waals surface area (Å²) in [6, 6.07) is 16.0. The van der Waals surface area contributed by atoms with Crippen LogP contribution in [0.4, 0.5) is 17.1 Å². The fourth-order valence-electron chi connectivity index (χ4n) is 3.38. The highest BCUT2D eigenvalue weighted by atomic mass is 16.2. The highest BCUT2D eigenvalue weighted by Crippen LogP contribution is 2.19. The van der Waals surface area contributed by atoms with Gasteiger partial charge in [-0.15, -0.1) is 0 Å². The maximum atomic E-state index is 12.4. The summed E-state index contributed by atoms with van der Waals surface area (Å²) < 4.78 is 0. The van der Waals surface area contributed by atoms with Gasteiger partial charge in [-0.1, -0.05) is 18.2 Å². The van der Waals surface area contributed by atoms with E-state index in [0.29, 0.717) is 0 Å². The lowest BCUT2D eigenvalue weighted by Gasteiger charge is -2.19. The summed E-state index contributed by atoms with van der Waals surface area (Å²) in [5, 5.41) is 6.48. The topological polar surface area (TPSA) is 70.4 Å². The first-order valence-electron chi connectivity index (χ1n) is 9.31. The average Bonchev–Trinajstić information content (AvgIpc) is 3.07. The van der Waals surface area contributed by atoms with Crippen molar-refractivity contribution >= 4 is 23.0 Å². The van der Waals surface area contributed by atoms with Gasteiger partial charge in [0.1, 0.15) is 0 Å². The molecule has 0 spiro atoms. The maximum Gasteiger partial charge on any atom is 0.241 e. The lowest BCUT2D eigenvalue weighted by atomic mass is 10.1. The second-order valence-electron chi connectivity index (χ2n) is 6.98. The number of hydrogen-bond donors (Lipinski definition) is 3. The molecule has 4 N–H and O–H groups in total. The minimum absolute atomic E-state index is 0.00785. The van der Waals surface area contributed by atoms with Crippen LogP contribution in [-0.2, 0) is 11.2 Å². The second-order valence-corrected chi connectivity index (χ2v) is 6.98. The second kappa shape index (κ2) is 8.72. The molecule has 138 valence electrons. The maximum absolute atomic E-state index is 12.4. The van der Waals surface area contributed by atoms with Crippen LogP contribution in [0, 0.1) is 0 Å². The molecular formula is C21H28N4O. The molecule has 1 fully saturated rings. The number of likely N-dealkylation sites (N-methyl/N-ethyl adjacent to an activating group) is 1. The van der Waals surface area contributed by atoms with Gasteiger partial charge in [0, 0.05) is 23.6 Å². The van der Waals surface area contributed by atoms with Gasteiger partial charge in [0.25, 0.3) is 0 Å². The number of amides is 1. The third-order valence-electron chi connectivity index (χ3n) is 4.90. The zero-order chi connectivity index (χ0) is 18.4. The van der Waals surface area contributed by atoms with E-state index in [1.807, 2.05) is 43.4 Å². The van der Waals surface area contributed by atoms with Gasteiger partial charge < -0.3 is 16.4 Å². The number of hydrogen-bond acceptors (Lipinski definition) is 4. The van der Waals surface area contributed by atoms with Crippen LogP contribution in [0.3, 0.4) is 0 Å². The van der Waals surface area contributed by atoms with E-state index >= 15 is 0 Å². The molecular weight excluding hydrogens is 324 g/mol. The zero-order valence-corrected chi connectivity index (χ0v) is 15.4. The number of nitrogen functional groups attached to an aromatic ring is 1. The van der Waals surface area contributed by atoms with Crippen molar-refractivity contribution in [3.8, 4) is 0 Å². The van der Waals surface area contributed by atoms with Crippen molar-refractivity contribution in [2.45, 2.75) is 31.7 Å². The number of rotatable bonds is 7. The van der Waals surface area contributed by atoms with Crippen molar-refractivity contribution in [1.82, 2.24) is 4.90 Å². The molecule has 1 aliphatic rings. The van der Waals surface area contributed by atoms with Crippen molar-refractivity contribution in [1.29, 1.82) is 0 Å². The predicted molar refractivity (Wildman–Crippen MR) is 108 cm³/mol. The molecule has 5 nitrogen and oxygen atoms in total. The van der Waals surface area contributed by atoms with Gasteiger partial charge in [-0.3, -0.25) is 9.69 Å². The molecule has 1 aliphatic heterocycles. The first-order chi connectivity index (χ1) is 12.6. The summed E-state index contributed by atoms with van der Waals surface area (Å²) in [6.45, 7) is 1.88. The highest BCUT2D eigenvalue weighted by molar-refractivity contribution is 5.95. The van der Waals surface area contributed by atoms with Gasteiger partial charge in [0.15, 0.2) is 0 Å². The van der Waals surface area contributed by atoms with E-state index in [4.69, 9.17) is 5.73 Å². The van der Waals surface area contributed by atoms with Crippen LogP contribution in [0.25, 0.3) is 0 Å². The number of anilines is 3. The van der Waals surface area contributed by atoms with Crippen LogP contribution in [0.15, 0.2) is 48.5 Å². The molecule has 5 heteroatoms. The van der Waals surface area contributed by atoms with E-state index in [2.05, 4.69) is 27.7 Å². The normalized spacial score (nSPS) is 17.2. The molecule has 1 saturated heterocycles. The summed E-state index contributed by atoms with van der Waals surface area (Å²) >= 11 is 0. The third-order valence-corrected chi connectivity index (χ3v) is 4.90. The Morgan fingerprint density at radius 1 is 1.19 bits per heavy atom. The first kappa shape index (κ1) is 18.3. The van der Waals surface area contributed by atoms with E-state index in [-0.39, 0.29) is 11.9 Å². The van der Waals surface area contributed by atoms with Gasteiger partial charge in [-0.25, -0.2) is 0 Å². The number of carbonyl (C=O) groups excluding carboxylic acids is 1. The molecule has 0 saturated carbocycles. The summed E-state index contributed by atoms with van der Waals surface area (Å²) in [5.41, 5.74) is 9.68. The van der Waals surface area contributed by atoms with E-state index < -0.39 is 0 Å². The Hall–Kier alpha value is -2.53. The lowest BCUT2D eigenvalue weighted by Crippen LogP contribution is -2.37. The van der Waals surface area contributed by atoms with Gasteiger partial charge in [-0.05, 0) is 75.2 Å². The molecule has 3 rings (SSSR count). The number of aryl methyl sites for hydroxylation is 1. The summed E-state index contributed by atoms with van der Waals surface area (Å²) in [5.74, 6) is 0.0884. The molecule has 0 unspecified atom stereocenters. The van der Waals surface area contributed by atoms with Crippen molar-refractivity contribution in [3.05, 3.63) is 54.1 Å². The largest absolute Gasteiger partial charge is 0.399 e. The van der Waals surface area contributed by atoms with Crippen molar-refractivity contribution < 1.29 is 4.79 Å². The summed E-state index contributed by atoms with van der Waals surface area (Å²) in [6.07, 6.45) is 4.07. The Balaban J connectivity index is 1.46. The van der Waals surface area contributed by atoms with Gasteiger partial charge in [0.2, 0.25) is 5.91 Å². The number of nitrogens with zero attached hydrogens (tertiary/aromatic N) is 1. The molecule has 1 heterocycles. The fraction of sp³-hybridized carbons (Fsp3) is 0.381. The van der Waals surface area contributed by atoms with E-state index in [1.165, 1.54) is 5.56 Å². The molecule has 1 atom stereocenters. The standard InChI is InChI=1S/C21H28N4O/c1-25-14-4-8-20(25)21(26)24-19-7-2-6-18(15-19)23-13-3-5-16-9-11-17(22)12-10-16/h2,6-7,9-12,15,20,23H,3-5,8,13-14,22H2,1H3,(H,24,26)/t20-/m0/s1. The number of nitrogens with two attached hydrogens (primary N) is 1. The van der Waals surface area contributed by atoms with E-state index in [9.17, 15) is 4.79 Å². The highest BCUT2D eigenvalue weighted by Gasteiger charge is 2.27. The SMILES string of the molecule is CN1CCC[C@H]1C(=O)Nc1cccc(NCCCc2ccc(N)cc2)c1. The average molecular weight is 352 g/mol. The number of benzene rings is 2. The van der Waals surface area contributed by atoms with E-state index in [1.54, 1.807) is 0 Å². The van der Waals surface area contributed by atoms with E-state index in [0.717, 1.165) is 55.8 Å². The summed E-state index contributed by atoms with van der Waals surface area (Å²) in [4.78, 5) is 14.5. The molecule has 26 heavy (non-hydrogen) atoms. The number of carbonyl (C=O) groups is 1. The number of nitrogens with one attached hydrogen (secondary N) is 2. The Bertz CT molecular complexity index is 729. The minimum atomic E-state index is -0.00785. The minimum Gasteiger partial charge on any atom is -0.399 e. The van der Waals surface area contributed by atoms with Crippen molar-refractivity contribution in [2.24, 2.45) is 0 Å². The van der Waals surface area contributed by atoms with Crippen LogP contribution in [-0.4, -0.2) is 37.0 Å². The molecule has 0 aliphatic carbocycles. The van der Waals surface area contributed by atoms with Crippen LogP contribution < -0.4 is 16.4 Å². The molecule has 0 radical (unpaired) electrons. The Kier molecular flexibility index (Phi) is 6.12. The molecule has 0 bridgehead atoms. The van der Waals surface area contributed by atoms with Crippen LogP contribution in [0.1, 0.15) is 24.8 Å². The van der Waals surface area contributed by atoms with Crippen molar-refractivity contribution in [3.63, 3.8) is 0 Å². The van der Waals surface area contributed by atoms with Crippen LogP contribution in [0.2, 0.25) is 0 Å². The first-order valence-corrected chi connectivity index (χ1v) is 9.31. The predicted octanol–water partition coefficient (Wildman–Crippen LogP) is 3.35. The van der Waals surface area contributed by atoms with Gasteiger partial charge in [-0.2, -0.15) is 0 Å². The van der Waals surface area contributed by atoms with Crippen LogP contribution >= 0.6 is 0 Å². The molecule has 1 amide bonds. The smallest absolute Gasteiger partial charge is 0.241 e. The monoisotopic (exact) mass is 352 g/mol. The Morgan fingerprint density at radius 2 is 1.96 bits per heavy atom. The third kappa shape index (κ3) is 4.99. The lowest BCUT2D eigenvalue weighted by molar-refractivity contribution is -0.119. The van der Waals surface area contributed by atoms with Crippen molar-refractivity contribution in [2.75, 3.05) is 36.5 Å². The number of likely N-dealkylation sites (tertiary alicyclic amines) is 1. The molecule has 2 aromatic rings. The molecule has 0 aromatic heterocycles. The van der Waals surface area contributed by atoms with Crippen LogP contribution in [0.5, 0.6) is 0 Å². The Labute approximate surface area is 155 Å². The summed E-state index contributed by atoms with van der Waals surface area (Å²) in [7, 11) is 2.01. The van der Waals surface area contributed by atoms with Gasteiger partial charge >= 0.3 is 0 Å². The fourth-order valence-corrected chi connectivity index (χ4v) is 3.38. The van der Waals surface area contributed by atoms with Gasteiger partial charge in [0.05, 0.1) is 6.04 Å². The quantitative estimate of drug-likeness (QED) is 0.528. The molecule has 2 aromatic carbocycles. The Morgan fingerprint density at radius 3 is 2.69 bits per heavy atom. The zero-order valence-electron chi connectivity index (χ0n) is 15.4.